The van der Waals surface area contributed by atoms with Crippen LogP contribution in [-0.4, -0.2) is 70.1 Å². The fourth-order valence-corrected chi connectivity index (χ4v) is 3.59. The van der Waals surface area contributed by atoms with Crippen molar-refractivity contribution in [2.75, 3.05) is 38.7 Å². The van der Waals surface area contributed by atoms with Gasteiger partial charge in [0.25, 0.3) is 0 Å². The zero-order chi connectivity index (χ0) is 16.6. The zero-order valence-electron chi connectivity index (χ0n) is 14.8. The Balaban J connectivity index is 0.00000484. The summed E-state index contributed by atoms with van der Waals surface area (Å²) in [7, 11) is -1.16. The highest BCUT2D eigenvalue weighted by Gasteiger charge is 2.21. The van der Waals surface area contributed by atoms with Crippen molar-refractivity contribution in [1.82, 2.24) is 15.5 Å². The standard InChI is InChI=1S/C15H32N4O2S.HI/c1-5-19-10-7-6-8-14(19)12-17-15(16-3)18-13(2)9-11-22(4,20)21;/h13-14H,5-12H2,1-4H3,(H2,16,17,18);1H. The van der Waals surface area contributed by atoms with E-state index in [4.69, 9.17) is 0 Å². The highest BCUT2D eigenvalue weighted by atomic mass is 127. The lowest BCUT2D eigenvalue weighted by molar-refractivity contribution is 0.157. The molecule has 0 aromatic carbocycles. The molecule has 1 aliphatic rings. The van der Waals surface area contributed by atoms with Gasteiger partial charge in [0.15, 0.2) is 5.96 Å². The van der Waals surface area contributed by atoms with Crippen LogP contribution in [0.15, 0.2) is 4.99 Å². The van der Waals surface area contributed by atoms with Crippen LogP contribution in [0.2, 0.25) is 0 Å². The molecule has 0 bridgehead atoms. The third-order valence-corrected chi connectivity index (χ3v) is 5.17. The number of piperidine rings is 1. The predicted molar refractivity (Wildman–Crippen MR) is 109 cm³/mol. The van der Waals surface area contributed by atoms with Gasteiger partial charge < -0.3 is 10.6 Å². The molecule has 2 atom stereocenters. The van der Waals surface area contributed by atoms with Crippen LogP contribution in [-0.2, 0) is 9.84 Å². The van der Waals surface area contributed by atoms with Crippen LogP contribution in [0.25, 0.3) is 0 Å². The first-order valence-corrected chi connectivity index (χ1v) is 10.3. The lowest BCUT2D eigenvalue weighted by Gasteiger charge is -2.35. The number of guanidine groups is 1. The van der Waals surface area contributed by atoms with E-state index < -0.39 is 9.84 Å². The van der Waals surface area contributed by atoms with E-state index in [-0.39, 0.29) is 35.8 Å². The number of nitrogens with zero attached hydrogens (tertiary/aromatic N) is 2. The average molecular weight is 460 g/mol. The molecule has 138 valence electrons. The number of nitrogens with one attached hydrogen (secondary N) is 2. The largest absolute Gasteiger partial charge is 0.355 e. The molecule has 6 nitrogen and oxygen atoms in total. The van der Waals surface area contributed by atoms with Crippen LogP contribution in [0.3, 0.4) is 0 Å². The number of sulfone groups is 1. The van der Waals surface area contributed by atoms with Gasteiger partial charge in [-0.1, -0.05) is 13.3 Å². The van der Waals surface area contributed by atoms with Gasteiger partial charge >= 0.3 is 0 Å². The van der Waals surface area contributed by atoms with Crippen molar-refractivity contribution in [2.24, 2.45) is 4.99 Å². The Hall–Kier alpha value is -0.0900. The Morgan fingerprint density at radius 3 is 2.65 bits per heavy atom. The van der Waals surface area contributed by atoms with E-state index >= 15 is 0 Å². The van der Waals surface area contributed by atoms with Gasteiger partial charge in [-0.3, -0.25) is 9.89 Å². The topological polar surface area (TPSA) is 73.8 Å². The summed E-state index contributed by atoms with van der Waals surface area (Å²) in [6, 6.07) is 0.637. The van der Waals surface area contributed by atoms with E-state index in [0.29, 0.717) is 12.5 Å². The molecule has 1 aliphatic heterocycles. The number of aliphatic imine (C=N–C) groups is 1. The molecule has 1 heterocycles. The monoisotopic (exact) mass is 460 g/mol. The lowest BCUT2D eigenvalue weighted by Crippen LogP contribution is -2.50. The number of likely N-dealkylation sites (tertiary alicyclic amines) is 1. The molecule has 2 unspecified atom stereocenters. The second-order valence-electron chi connectivity index (χ2n) is 6.20. The molecule has 1 fully saturated rings. The Morgan fingerprint density at radius 2 is 2.09 bits per heavy atom. The van der Waals surface area contributed by atoms with Gasteiger partial charge in [0, 0.05) is 31.9 Å². The first-order valence-electron chi connectivity index (χ1n) is 8.24. The molecule has 0 aromatic rings. The van der Waals surface area contributed by atoms with Crippen molar-refractivity contribution in [3.8, 4) is 0 Å². The van der Waals surface area contributed by atoms with Gasteiger partial charge in [0.2, 0.25) is 0 Å². The van der Waals surface area contributed by atoms with Crippen molar-refractivity contribution in [1.29, 1.82) is 0 Å². The second kappa shape index (κ2) is 11.5. The van der Waals surface area contributed by atoms with Gasteiger partial charge in [-0.25, -0.2) is 8.42 Å². The minimum absolute atomic E-state index is 0. The summed E-state index contributed by atoms with van der Waals surface area (Å²) in [5.74, 6) is 0.951. The van der Waals surface area contributed by atoms with Crippen LogP contribution < -0.4 is 10.6 Å². The normalized spacial score (nSPS) is 21.4. The molecule has 0 radical (unpaired) electrons. The van der Waals surface area contributed by atoms with Gasteiger partial charge in [-0.2, -0.15) is 0 Å². The van der Waals surface area contributed by atoms with E-state index in [1.807, 2.05) is 6.92 Å². The highest BCUT2D eigenvalue weighted by molar-refractivity contribution is 14.0. The summed E-state index contributed by atoms with van der Waals surface area (Å²) in [6.07, 6.45) is 5.67. The Labute approximate surface area is 158 Å². The average Bonchev–Trinajstić information content (AvgIpc) is 2.49. The van der Waals surface area contributed by atoms with E-state index in [2.05, 4.69) is 27.4 Å². The Morgan fingerprint density at radius 1 is 1.39 bits per heavy atom. The maximum atomic E-state index is 11.2. The van der Waals surface area contributed by atoms with Crippen molar-refractivity contribution >= 4 is 39.8 Å². The summed E-state index contributed by atoms with van der Waals surface area (Å²) >= 11 is 0. The van der Waals surface area contributed by atoms with E-state index in [1.165, 1.54) is 32.1 Å². The predicted octanol–water partition coefficient (Wildman–Crippen LogP) is 1.47. The van der Waals surface area contributed by atoms with Crippen LogP contribution in [0.4, 0.5) is 0 Å². The summed E-state index contributed by atoms with van der Waals surface area (Å²) < 4.78 is 22.4. The third-order valence-electron chi connectivity index (χ3n) is 4.19. The van der Waals surface area contributed by atoms with E-state index in [9.17, 15) is 8.42 Å². The number of rotatable bonds is 7. The van der Waals surface area contributed by atoms with Gasteiger partial charge in [-0.15, -0.1) is 24.0 Å². The molecular weight excluding hydrogens is 427 g/mol. The molecule has 0 aliphatic carbocycles. The molecule has 1 rings (SSSR count). The van der Waals surface area contributed by atoms with Crippen molar-refractivity contribution in [3.63, 3.8) is 0 Å². The molecule has 1 saturated heterocycles. The third kappa shape index (κ3) is 9.71. The number of halogens is 1. The molecule has 2 N–H and O–H groups in total. The Kier molecular flexibility index (Phi) is 11.4. The first kappa shape index (κ1) is 22.9. The van der Waals surface area contributed by atoms with Gasteiger partial charge in [-0.05, 0) is 39.3 Å². The summed E-state index contributed by atoms with van der Waals surface area (Å²) in [4.78, 5) is 6.74. The fourth-order valence-electron chi connectivity index (χ4n) is 2.81. The van der Waals surface area contributed by atoms with Crippen LogP contribution in [0, 0.1) is 0 Å². The van der Waals surface area contributed by atoms with Gasteiger partial charge in [0.05, 0.1) is 5.75 Å². The lowest BCUT2D eigenvalue weighted by atomic mass is 10.0. The summed E-state index contributed by atoms with van der Waals surface area (Å²) in [5.41, 5.74) is 0. The van der Waals surface area contributed by atoms with Crippen LogP contribution in [0.1, 0.15) is 39.5 Å². The van der Waals surface area contributed by atoms with Gasteiger partial charge in [0.1, 0.15) is 9.84 Å². The van der Waals surface area contributed by atoms with Crippen molar-refractivity contribution in [3.05, 3.63) is 0 Å². The van der Waals surface area contributed by atoms with Crippen LogP contribution in [0.5, 0.6) is 0 Å². The van der Waals surface area contributed by atoms with E-state index in [1.54, 1.807) is 7.05 Å². The molecule has 0 spiro atoms. The molecule has 0 saturated carbocycles. The number of hydrogen-bond donors (Lipinski definition) is 2. The molecule has 8 heteroatoms. The minimum Gasteiger partial charge on any atom is -0.355 e. The molecule has 0 aromatic heterocycles. The number of likely N-dealkylation sites (N-methyl/N-ethyl adjacent to an activating group) is 1. The summed E-state index contributed by atoms with van der Waals surface area (Å²) in [6.45, 7) is 7.34. The SMILES string of the molecule is CCN1CCCCC1CNC(=NC)NC(C)CCS(C)(=O)=O.I. The second-order valence-corrected chi connectivity index (χ2v) is 8.45. The summed E-state index contributed by atoms with van der Waals surface area (Å²) in [5, 5.41) is 6.65. The maximum absolute atomic E-state index is 11.2. The molecule has 23 heavy (non-hydrogen) atoms. The maximum Gasteiger partial charge on any atom is 0.191 e. The first-order chi connectivity index (χ1) is 10.4. The fraction of sp³-hybridized carbons (Fsp3) is 0.933. The highest BCUT2D eigenvalue weighted by Crippen LogP contribution is 2.15. The van der Waals surface area contributed by atoms with Crippen molar-refractivity contribution < 1.29 is 8.42 Å². The number of hydrogen-bond acceptors (Lipinski definition) is 4. The quantitative estimate of drug-likeness (QED) is 0.342. The zero-order valence-corrected chi connectivity index (χ0v) is 18.0. The van der Waals surface area contributed by atoms with E-state index in [0.717, 1.165) is 19.0 Å². The molecule has 0 amide bonds. The Bertz CT molecular complexity index is 456. The van der Waals surface area contributed by atoms with Crippen LogP contribution >= 0.6 is 24.0 Å². The minimum atomic E-state index is -2.91. The molecular formula is C15H33IN4O2S. The van der Waals surface area contributed by atoms with Crippen molar-refractivity contribution in [2.45, 2.75) is 51.6 Å². The smallest absolute Gasteiger partial charge is 0.191 e.